The minimum absolute atomic E-state index is 0.0400. The summed E-state index contributed by atoms with van der Waals surface area (Å²) in [6.07, 6.45) is 0.676. The van der Waals surface area contributed by atoms with E-state index in [0.29, 0.717) is 24.3 Å². The van der Waals surface area contributed by atoms with E-state index < -0.39 is 11.7 Å². The molecule has 5 nitrogen and oxygen atoms in total. The normalized spacial score (nSPS) is 10.4. The number of hydrogen-bond donors (Lipinski definition) is 3. The number of thiol groups is 1. The number of carbonyl (C=O) groups excluding carboxylic acids is 2. The predicted molar refractivity (Wildman–Crippen MR) is 124 cm³/mol. The molecular formula is C22H19BrFN3O2S. The molecule has 0 bridgehead atoms. The van der Waals surface area contributed by atoms with Crippen molar-refractivity contribution in [3.8, 4) is 0 Å². The van der Waals surface area contributed by atoms with E-state index in [1.54, 1.807) is 30.3 Å². The van der Waals surface area contributed by atoms with Gasteiger partial charge in [0.05, 0.1) is 11.3 Å². The molecule has 0 aliphatic heterocycles. The summed E-state index contributed by atoms with van der Waals surface area (Å²) in [6, 6.07) is 19.7. The molecule has 30 heavy (non-hydrogen) atoms. The zero-order valence-electron chi connectivity index (χ0n) is 15.8. The molecule has 8 heteroatoms. The van der Waals surface area contributed by atoms with Gasteiger partial charge in [0.25, 0.3) is 5.91 Å². The first-order valence-corrected chi connectivity index (χ1v) is 10.3. The number of nitrogens with one attached hydrogen (secondary N) is 2. The number of anilines is 2. The van der Waals surface area contributed by atoms with Crippen LogP contribution in [0.15, 0.2) is 77.3 Å². The van der Waals surface area contributed by atoms with Crippen LogP contribution in [0, 0.1) is 5.82 Å². The topological polar surface area (TPSA) is 61.4 Å². The summed E-state index contributed by atoms with van der Waals surface area (Å²) in [5.74, 6) is -1.14. The smallest absolute Gasteiger partial charge is 0.331 e. The van der Waals surface area contributed by atoms with E-state index in [0.717, 1.165) is 10.0 Å². The molecule has 0 saturated heterocycles. The minimum atomic E-state index is -0.590. The average Bonchev–Trinajstić information content (AvgIpc) is 2.75. The van der Waals surface area contributed by atoms with Gasteiger partial charge in [-0.2, -0.15) is 0 Å². The lowest BCUT2D eigenvalue weighted by Gasteiger charge is -2.17. The minimum Gasteiger partial charge on any atom is -0.337 e. The molecule has 0 aliphatic carbocycles. The molecule has 0 unspecified atom stereocenters. The van der Waals surface area contributed by atoms with Crippen molar-refractivity contribution in [2.45, 2.75) is 6.42 Å². The van der Waals surface area contributed by atoms with Gasteiger partial charge in [0.1, 0.15) is 5.82 Å². The summed E-state index contributed by atoms with van der Waals surface area (Å²) in [5, 5.41) is 5.43. The Morgan fingerprint density at radius 1 is 0.967 bits per heavy atom. The van der Waals surface area contributed by atoms with Crippen LogP contribution in [0.3, 0.4) is 0 Å². The fraction of sp³-hybridized carbons (Fsp3) is 0.0909. The molecule has 3 aromatic rings. The number of hydrogen-bond acceptors (Lipinski definition) is 3. The number of nitrogens with zero attached hydrogens (tertiary/aromatic N) is 1. The highest BCUT2D eigenvalue weighted by Gasteiger charge is 2.14. The van der Waals surface area contributed by atoms with Gasteiger partial charge < -0.3 is 10.6 Å². The lowest BCUT2D eigenvalue weighted by Crippen LogP contribution is -2.35. The number of halogens is 2. The predicted octanol–water partition coefficient (Wildman–Crippen LogP) is 5.44. The maximum absolute atomic E-state index is 13.7. The van der Waals surface area contributed by atoms with E-state index in [9.17, 15) is 14.0 Å². The molecule has 3 aromatic carbocycles. The molecule has 0 saturated carbocycles. The first-order chi connectivity index (χ1) is 14.5. The first-order valence-electron chi connectivity index (χ1n) is 9.12. The van der Waals surface area contributed by atoms with E-state index >= 15 is 0 Å². The Morgan fingerprint density at radius 2 is 1.63 bits per heavy atom. The Morgan fingerprint density at radius 3 is 2.33 bits per heavy atom. The monoisotopic (exact) mass is 487 g/mol. The van der Waals surface area contributed by atoms with Crippen LogP contribution < -0.4 is 14.9 Å². The molecule has 2 N–H and O–H groups in total. The van der Waals surface area contributed by atoms with Gasteiger partial charge in [0.15, 0.2) is 0 Å². The van der Waals surface area contributed by atoms with Gasteiger partial charge in [-0.15, -0.1) is 0 Å². The Hall–Kier alpha value is -2.84. The van der Waals surface area contributed by atoms with Crippen molar-refractivity contribution in [3.63, 3.8) is 0 Å². The summed E-state index contributed by atoms with van der Waals surface area (Å²) in [7, 11) is 0. The van der Waals surface area contributed by atoms with Crippen molar-refractivity contribution in [3.05, 3.63) is 94.2 Å². The lowest BCUT2D eigenvalue weighted by molar-refractivity contribution is 0.102. The number of carbonyl (C=O) groups is 2. The third-order valence-corrected chi connectivity index (χ3v) is 5.50. The average molecular weight is 488 g/mol. The molecule has 154 valence electrons. The van der Waals surface area contributed by atoms with Crippen molar-refractivity contribution in [1.82, 2.24) is 5.32 Å². The highest BCUT2D eigenvalue weighted by molar-refractivity contribution is 9.10. The standard InChI is InChI=1S/C22H19BrFN3O2S/c23-19-7-3-1-5-15(19)13-14-25-22(29)27(30)17-11-9-16(10-12-17)26-21(28)18-6-2-4-8-20(18)24/h1-12,30H,13-14H2,(H,25,29)(H,26,28). The third kappa shape index (κ3) is 5.61. The molecule has 0 heterocycles. The van der Waals surface area contributed by atoms with E-state index in [-0.39, 0.29) is 11.6 Å². The van der Waals surface area contributed by atoms with Gasteiger partial charge in [0, 0.05) is 16.7 Å². The molecule has 3 rings (SSSR count). The fourth-order valence-corrected chi connectivity index (χ4v) is 3.41. The molecule has 0 atom stereocenters. The Bertz CT molecular complexity index is 1050. The van der Waals surface area contributed by atoms with Crippen molar-refractivity contribution < 1.29 is 14.0 Å². The number of benzene rings is 3. The van der Waals surface area contributed by atoms with Gasteiger partial charge >= 0.3 is 6.03 Å². The Kier molecular flexibility index (Phi) is 7.48. The molecule has 0 aromatic heterocycles. The van der Waals surface area contributed by atoms with Gasteiger partial charge in [-0.1, -0.05) is 59.1 Å². The molecular weight excluding hydrogens is 469 g/mol. The van der Waals surface area contributed by atoms with Crippen LogP contribution in [-0.2, 0) is 6.42 Å². The number of amides is 3. The lowest BCUT2D eigenvalue weighted by atomic mass is 10.1. The molecule has 0 radical (unpaired) electrons. The van der Waals surface area contributed by atoms with Crippen molar-refractivity contribution in [2.24, 2.45) is 0 Å². The molecule has 0 aliphatic rings. The molecule has 0 spiro atoms. The maximum atomic E-state index is 13.7. The SMILES string of the molecule is O=C(Nc1ccc(N(S)C(=O)NCCc2ccccc2Br)cc1)c1ccccc1F. The van der Waals surface area contributed by atoms with E-state index in [1.165, 1.54) is 22.5 Å². The van der Waals surface area contributed by atoms with Gasteiger partial charge in [-0.25, -0.2) is 13.5 Å². The number of rotatable bonds is 6. The van der Waals surface area contributed by atoms with Crippen LogP contribution in [-0.4, -0.2) is 18.5 Å². The van der Waals surface area contributed by atoms with Crippen molar-refractivity contribution in [1.29, 1.82) is 0 Å². The van der Waals surface area contributed by atoms with E-state index in [2.05, 4.69) is 39.4 Å². The Balaban J connectivity index is 1.54. The highest BCUT2D eigenvalue weighted by atomic mass is 79.9. The molecule has 3 amide bonds. The fourth-order valence-electron chi connectivity index (χ4n) is 2.73. The largest absolute Gasteiger partial charge is 0.337 e. The Labute approximate surface area is 188 Å². The molecule has 0 fully saturated rings. The van der Waals surface area contributed by atoms with Crippen LogP contribution in [0.25, 0.3) is 0 Å². The van der Waals surface area contributed by atoms with Crippen LogP contribution in [0.5, 0.6) is 0 Å². The van der Waals surface area contributed by atoms with Crippen LogP contribution in [0.1, 0.15) is 15.9 Å². The van der Waals surface area contributed by atoms with Crippen molar-refractivity contribution >= 4 is 52.1 Å². The second kappa shape index (κ2) is 10.3. The van der Waals surface area contributed by atoms with Gasteiger partial charge in [-0.3, -0.25) is 4.79 Å². The quantitative estimate of drug-likeness (QED) is 0.405. The first kappa shape index (κ1) is 21.9. The number of urea groups is 1. The zero-order valence-corrected chi connectivity index (χ0v) is 18.3. The van der Waals surface area contributed by atoms with Gasteiger partial charge in [0.2, 0.25) is 0 Å². The zero-order chi connectivity index (χ0) is 21.5. The van der Waals surface area contributed by atoms with Gasteiger partial charge in [-0.05, 0) is 54.4 Å². The van der Waals surface area contributed by atoms with E-state index in [1.807, 2.05) is 24.3 Å². The van der Waals surface area contributed by atoms with E-state index in [4.69, 9.17) is 0 Å². The van der Waals surface area contributed by atoms with Crippen LogP contribution in [0.4, 0.5) is 20.6 Å². The summed E-state index contributed by atoms with van der Waals surface area (Å²) in [5.41, 5.74) is 2.06. The second-order valence-electron chi connectivity index (χ2n) is 6.37. The third-order valence-electron chi connectivity index (χ3n) is 4.31. The summed E-state index contributed by atoms with van der Waals surface area (Å²) in [6.45, 7) is 0.454. The summed E-state index contributed by atoms with van der Waals surface area (Å²) >= 11 is 7.73. The van der Waals surface area contributed by atoms with Crippen LogP contribution in [0.2, 0.25) is 0 Å². The summed E-state index contributed by atoms with van der Waals surface area (Å²) in [4.78, 5) is 24.5. The maximum Gasteiger partial charge on any atom is 0.331 e. The van der Waals surface area contributed by atoms with Crippen LogP contribution >= 0.6 is 28.7 Å². The summed E-state index contributed by atoms with van der Waals surface area (Å²) < 4.78 is 15.9. The highest BCUT2D eigenvalue weighted by Crippen LogP contribution is 2.21. The van der Waals surface area contributed by atoms with Crippen molar-refractivity contribution in [2.75, 3.05) is 16.2 Å². The second-order valence-corrected chi connectivity index (χ2v) is 7.62.